The van der Waals surface area contributed by atoms with E-state index >= 15 is 0 Å². The maximum atomic E-state index is 6.84. The summed E-state index contributed by atoms with van der Waals surface area (Å²) in [6.07, 6.45) is 0. The summed E-state index contributed by atoms with van der Waals surface area (Å²) in [5.41, 5.74) is 12.7. The van der Waals surface area contributed by atoms with Crippen molar-refractivity contribution in [1.82, 2.24) is 0 Å². The number of rotatable bonds is 5. The molecule has 3 aromatic heterocycles. The van der Waals surface area contributed by atoms with Gasteiger partial charge in [0.2, 0.25) is 0 Å². The topological polar surface area (TPSA) is 42.7 Å². The third-order valence-electron chi connectivity index (χ3n) is 10.3. The zero-order valence-corrected chi connectivity index (χ0v) is 27.9. The molecule has 0 unspecified atom stereocenters. The van der Waals surface area contributed by atoms with Crippen LogP contribution in [0.1, 0.15) is 0 Å². The van der Waals surface area contributed by atoms with Crippen molar-refractivity contribution >= 4 is 82.9 Å². The molecular weight excluding hydrogens is 639 g/mol. The Balaban J connectivity index is 1.10. The molecule has 0 fully saturated rings. The molecule has 4 nitrogen and oxygen atoms in total. The number of nitrogens with zero attached hydrogens (tertiary/aromatic N) is 1. The van der Waals surface area contributed by atoms with Gasteiger partial charge in [0.1, 0.15) is 33.5 Å². The van der Waals surface area contributed by atoms with Crippen molar-refractivity contribution in [2.45, 2.75) is 0 Å². The van der Waals surface area contributed by atoms with Crippen LogP contribution < -0.4 is 4.90 Å². The van der Waals surface area contributed by atoms with Crippen LogP contribution in [0, 0.1) is 0 Å². The maximum Gasteiger partial charge on any atom is 0.143 e. The lowest BCUT2D eigenvalue weighted by Crippen LogP contribution is -2.09. The smallest absolute Gasteiger partial charge is 0.143 e. The van der Waals surface area contributed by atoms with E-state index in [9.17, 15) is 0 Å². The van der Waals surface area contributed by atoms with Crippen LogP contribution >= 0.6 is 0 Å². The molecule has 0 saturated heterocycles. The predicted octanol–water partition coefficient (Wildman–Crippen LogP) is 14.2. The van der Waals surface area contributed by atoms with Gasteiger partial charge < -0.3 is 18.2 Å². The van der Waals surface area contributed by atoms with Gasteiger partial charge in [0, 0.05) is 61.0 Å². The average Bonchev–Trinajstić information content (AvgIpc) is 3.89. The predicted molar refractivity (Wildman–Crippen MR) is 214 cm³/mol. The summed E-state index contributed by atoms with van der Waals surface area (Å²) in [6, 6.07) is 61.1. The number of fused-ring (bicyclic) bond motifs is 9. The molecule has 11 aromatic rings. The van der Waals surface area contributed by atoms with Gasteiger partial charge >= 0.3 is 0 Å². The molecule has 0 atom stereocenters. The first-order valence-electron chi connectivity index (χ1n) is 17.5. The molecule has 0 aliphatic carbocycles. The van der Waals surface area contributed by atoms with Crippen LogP contribution in [-0.2, 0) is 0 Å². The molecule has 0 N–H and O–H groups in total. The van der Waals surface area contributed by atoms with Crippen LogP contribution in [0.4, 0.5) is 17.1 Å². The second kappa shape index (κ2) is 11.2. The number of benzene rings is 8. The van der Waals surface area contributed by atoms with Crippen molar-refractivity contribution < 1.29 is 13.3 Å². The van der Waals surface area contributed by atoms with Crippen LogP contribution in [-0.4, -0.2) is 0 Å². The van der Waals surface area contributed by atoms with Crippen molar-refractivity contribution in [3.63, 3.8) is 0 Å². The lowest BCUT2D eigenvalue weighted by molar-refractivity contribution is 0.668. The first kappa shape index (κ1) is 28.8. The Bertz CT molecular complexity index is 3090. The molecule has 0 spiro atoms. The van der Waals surface area contributed by atoms with Gasteiger partial charge in [0.15, 0.2) is 0 Å². The second-order valence-electron chi connectivity index (χ2n) is 13.2. The van der Waals surface area contributed by atoms with Crippen molar-refractivity contribution in [3.05, 3.63) is 176 Å². The van der Waals surface area contributed by atoms with Gasteiger partial charge in [-0.1, -0.05) is 103 Å². The SMILES string of the molecule is c1ccc(N(c2ccccc2)c2ccc3c(c2)oc2c(-c4cccc5oc6ccc(-c7cccc8oc9ccccc9c78)cc6c45)cccc23)cc1. The summed E-state index contributed by atoms with van der Waals surface area (Å²) in [5.74, 6) is 0. The number of furan rings is 3. The normalized spacial score (nSPS) is 11.8. The Morgan fingerprint density at radius 3 is 1.67 bits per heavy atom. The third-order valence-corrected chi connectivity index (χ3v) is 10.3. The highest BCUT2D eigenvalue weighted by Crippen LogP contribution is 2.45. The van der Waals surface area contributed by atoms with Crippen LogP contribution in [0.2, 0.25) is 0 Å². The largest absolute Gasteiger partial charge is 0.456 e. The third kappa shape index (κ3) is 4.34. The molecule has 3 heterocycles. The van der Waals surface area contributed by atoms with Crippen LogP contribution in [0.25, 0.3) is 88.1 Å². The summed E-state index contributed by atoms with van der Waals surface area (Å²) in [5, 5.41) is 6.51. The van der Waals surface area contributed by atoms with Gasteiger partial charge in [-0.15, -0.1) is 0 Å². The van der Waals surface area contributed by atoms with E-state index in [2.05, 4.69) is 150 Å². The highest BCUT2D eigenvalue weighted by molar-refractivity contribution is 6.19. The Labute approximate surface area is 298 Å². The number of para-hydroxylation sites is 4. The summed E-state index contributed by atoms with van der Waals surface area (Å²) >= 11 is 0. The summed E-state index contributed by atoms with van der Waals surface area (Å²) in [4.78, 5) is 2.26. The summed E-state index contributed by atoms with van der Waals surface area (Å²) in [6.45, 7) is 0. The van der Waals surface area contributed by atoms with Gasteiger partial charge in [-0.2, -0.15) is 0 Å². The molecule has 8 aromatic carbocycles. The van der Waals surface area contributed by atoms with E-state index in [-0.39, 0.29) is 0 Å². The monoisotopic (exact) mass is 667 g/mol. The first-order valence-corrected chi connectivity index (χ1v) is 17.5. The first-order chi connectivity index (χ1) is 25.8. The molecular formula is C48H29NO3. The summed E-state index contributed by atoms with van der Waals surface area (Å²) in [7, 11) is 0. The van der Waals surface area contributed by atoms with E-state index in [1.165, 1.54) is 0 Å². The van der Waals surface area contributed by atoms with Gasteiger partial charge in [-0.05, 0) is 83.4 Å². The Hall–Kier alpha value is -7.04. The van der Waals surface area contributed by atoms with Crippen LogP contribution in [0.3, 0.4) is 0 Å². The molecule has 4 heteroatoms. The van der Waals surface area contributed by atoms with E-state index < -0.39 is 0 Å². The fourth-order valence-corrected chi connectivity index (χ4v) is 7.97. The van der Waals surface area contributed by atoms with Gasteiger partial charge in [-0.3, -0.25) is 0 Å². The van der Waals surface area contributed by atoms with E-state index in [0.29, 0.717) is 0 Å². The minimum absolute atomic E-state index is 0.837. The second-order valence-corrected chi connectivity index (χ2v) is 13.2. The van der Waals surface area contributed by atoms with E-state index in [1.807, 2.05) is 30.3 Å². The molecule has 0 bridgehead atoms. The fraction of sp³-hybridized carbons (Fsp3) is 0. The van der Waals surface area contributed by atoms with Gasteiger partial charge in [0.25, 0.3) is 0 Å². The molecule has 0 amide bonds. The highest BCUT2D eigenvalue weighted by atomic mass is 16.3. The molecule has 0 aliphatic heterocycles. The van der Waals surface area contributed by atoms with Gasteiger partial charge in [0.05, 0.1) is 0 Å². The molecule has 0 aliphatic rings. The van der Waals surface area contributed by atoms with Crippen molar-refractivity contribution in [2.75, 3.05) is 4.90 Å². The van der Waals surface area contributed by atoms with Crippen molar-refractivity contribution in [3.8, 4) is 22.3 Å². The van der Waals surface area contributed by atoms with Crippen molar-refractivity contribution in [1.29, 1.82) is 0 Å². The van der Waals surface area contributed by atoms with Crippen LogP contribution in [0.5, 0.6) is 0 Å². The van der Waals surface area contributed by atoms with E-state index in [1.54, 1.807) is 0 Å². The molecule has 11 rings (SSSR count). The zero-order valence-electron chi connectivity index (χ0n) is 27.9. The lowest BCUT2D eigenvalue weighted by atomic mass is 9.95. The van der Waals surface area contributed by atoms with E-state index in [0.717, 1.165) is 105 Å². The molecule has 52 heavy (non-hydrogen) atoms. The molecule has 244 valence electrons. The van der Waals surface area contributed by atoms with E-state index in [4.69, 9.17) is 13.3 Å². The number of anilines is 3. The lowest BCUT2D eigenvalue weighted by Gasteiger charge is -2.25. The summed E-state index contributed by atoms with van der Waals surface area (Å²) < 4.78 is 19.6. The highest BCUT2D eigenvalue weighted by Gasteiger charge is 2.20. The quantitative estimate of drug-likeness (QED) is 0.183. The average molecular weight is 668 g/mol. The Kier molecular flexibility index (Phi) is 6.22. The van der Waals surface area contributed by atoms with Crippen molar-refractivity contribution in [2.24, 2.45) is 0 Å². The minimum atomic E-state index is 0.837. The maximum absolute atomic E-state index is 6.84. The molecule has 0 radical (unpaired) electrons. The Morgan fingerprint density at radius 1 is 0.308 bits per heavy atom. The Morgan fingerprint density at radius 2 is 0.904 bits per heavy atom. The fourth-order valence-electron chi connectivity index (χ4n) is 7.97. The molecule has 0 saturated carbocycles. The standard InChI is InChI=1S/C48H29NO3/c1-3-12-31(13-4-1)49(32-14-5-2-6-15-32)33-25-26-35-37-19-9-20-38(48(37)52-45(35)29-33)36-18-11-23-44-47(36)40-28-30(24-27-42(40)51-44)34-17-10-22-43-46(34)39-16-7-8-21-41(39)50-43/h1-29H. The number of hydrogen-bond donors (Lipinski definition) is 0. The van der Waals surface area contributed by atoms with Gasteiger partial charge in [-0.25, -0.2) is 0 Å². The number of hydrogen-bond acceptors (Lipinski definition) is 4. The minimum Gasteiger partial charge on any atom is -0.456 e. The van der Waals surface area contributed by atoms with Crippen LogP contribution in [0.15, 0.2) is 189 Å². The zero-order chi connectivity index (χ0) is 34.2.